The summed E-state index contributed by atoms with van der Waals surface area (Å²) >= 11 is 5.43. The van der Waals surface area contributed by atoms with Gasteiger partial charge in [0.15, 0.2) is 12.3 Å². The molecular formula is C19H23ClN2O8. The van der Waals surface area contributed by atoms with Crippen molar-refractivity contribution in [2.24, 2.45) is 0 Å². The number of halogens is 1. The molecule has 30 heavy (non-hydrogen) atoms. The van der Waals surface area contributed by atoms with E-state index in [1.165, 1.54) is 6.92 Å². The Morgan fingerprint density at radius 1 is 1.47 bits per heavy atom. The van der Waals surface area contributed by atoms with Crippen LogP contribution >= 0.6 is 11.6 Å². The fourth-order valence-corrected chi connectivity index (χ4v) is 3.73. The van der Waals surface area contributed by atoms with Gasteiger partial charge in [0.2, 0.25) is 5.60 Å². The molecule has 0 radical (unpaired) electrons. The van der Waals surface area contributed by atoms with E-state index in [0.717, 1.165) is 42.5 Å². The molecule has 2 heterocycles. The minimum atomic E-state index is -2.26. The molecule has 3 rings (SSSR count). The highest BCUT2D eigenvalue weighted by Crippen LogP contribution is 2.37. The number of hydrogen-bond donors (Lipinski definition) is 3. The first-order chi connectivity index (χ1) is 14.3. The summed E-state index contributed by atoms with van der Waals surface area (Å²) in [5, 5.41) is 23.4. The van der Waals surface area contributed by atoms with Crippen molar-refractivity contribution < 1.29 is 29.2 Å². The summed E-state index contributed by atoms with van der Waals surface area (Å²) in [6, 6.07) is 1.05. The lowest BCUT2D eigenvalue weighted by molar-refractivity contribution is -0.164. The zero-order valence-corrected chi connectivity index (χ0v) is 17.0. The molecule has 1 aliphatic carbocycles. The van der Waals surface area contributed by atoms with Crippen LogP contribution in [0.15, 0.2) is 21.9 Å². The summed E-state index contributed by atoms with van der Waals surface area (Å²) in [6.07, 6.45) is -0.501. The Morgan fingerprint density at radius 2 is 2.17 bits per heavy atom. The standard InChI is InChI=1S/C19H23ClN2O8/c1-11(16(25)29-12-4-2-3-5-12)28-10-13-15(24)19(27,7-8-20)17(30-13)22-9-6-14(23)21-18(22)26/h6,9,11-13,15,17,24,27H,2-5,10H2,1H3,(H,21,23,26)/t11-,13?,15?,17?,19?/m0/s1. The van der Waals surface area contributed by atoms with Gasteiger partial charge in [-0.2, -0.15) is 0 Å². The van der Waals surface area contributed by atoms with Gasteiger partial charge in [0.05, 0.1) is 6.61 Å². The topological polar surface area (TPSA) is 140 Å². The van der Waals surface area contributed by atoms with Crippen molar-refractivity contribution in [3.63, 3.8) is 0 Å². The van der Waals surface area contributed by atoms with E-state index in [9.17, 15) is 24.6 Å². The van der Waals surface area contributed by atoms with Gasteiger partial charge in [-0.25, -0.2) is 9.59 Å². The molecule has 1 aliphatic heterocycles. The fraction of sp³-hybridized carbons (Fsp3) is 0.632. The van der Waals surface area contributed by atoms with E-state index in [2.05, 4.69) is 5.92 Å². The molecule has 0 amide bonds. The molecule has 3 N–H and O–H groups in total. The predicted octanol–water partition coefficient (Wildman–Crippen LogP) is -0.383. The van der Waals surface area contributed by atoms with Crippen molar-refractivity contribution in [2.45, 2.75) is 68.9 Å². The summed E-state index contributed by atoms with van der Waals surface area (Å²) in [5.41, 5.74) is -3.77. The zero-order valence-electron chi connectivity index (χ0n) is 16.2. The van der Waals surface area contributed by atoms with Crippen LogP contribution < -0.4 is 11.2 Å². The zero-order chi connectivity index (χ0) is 21.9. The third-order valence-electron chi connectivity index (χ3n) is 5.26. The van der Waals surface area contributed by atoms with Crippen molar-refractivity contribution >= 4 is 17.6 Å². The first-order valence-electron chi connectivity index (χ1n) is 9.58. The van der Waals surface area contributed by atoms with Crippen LogP contribution in [0, 0.1) is 11.3 Å². The average Bonchev–Trinajstić information content (AvgIpc) is 3.28. The lowest BCUT2D eigenvalue weighted by Crippen LogP contribution is -2.48. The number of nitrogens with one attached hydrogen (secondary N) is 1. The van der Waals surface area contributed by atoms with Gasteiger partial charge in [-0.1, -0.05) is 0 Å². The number of aromatic nitrogens is 2. The van der Waals surface area contributed by atoms with Crippen molar-refractivity contribution in [1.82, 2.24) is 9.55 Å². The van der Waals surface area contributed by atoms with Crippen LogP contribution in [-0.2, 0) is 19.0 Å². The van der Waals surface area contributed by atoms with Crippen LogP contribution in [0.3, 0.4) is 0 Å². The molecule has 2 aliphatic rings. The second kappa shape index (κ2) is 9.32. The minimum Gasteiger partial charge on any atom is -0.460 e. The van der Waals surface area contributed by atoms with Crippen LogP contribution in [0.25, 0.3) is 0 Å². The summed E-state index contributed by atoms with van der Waals surface area (Å²) in [7, 11) is 0. The highest BCUT2D eigenvalue weighted by molar-refractivity contribution is 6.30. The van der Waals surface area contributed by atoms with E-state index in [1.54, 1.807) is 0 Å². The molecule has 164 valence electrons. The molecule has 1 saturated carbocycles. The van der Waals surface area contributed by atoms with Crippen LogP contribution in [0.5, 0.6) is 0 Å². The molecule has 1 aromatic rings. The van der Waals surface area contributed by atoms with Gasteiger partial charge in [0, 0.05) is 17.6 Å². The normalized spacial score (nSPS) is 29.9. The maximum atomic E-state index is 12.2. The number of ether oxygens (including phenoxy) is 3. The van der Waals surface area contributed by atoms with Gasteiger partial charge in [-0.15, -0.1) is 0 Å². The number of aliphatic hydroxyl groups excluding tert-OH is 1. The second-order valence-corrected chi connectivity index (χ2v) is 7.54. The molecule has 10 nitrogen and oxygen atoms in total. The molecule has 5 atom stereocenters. The summed E-state index contributed by atoms with van der Waals surface area (Å²) in [4.78, 5) is 37.6. The monoisotopic (exact) mass is 442 g/mol. The van der Waals surface area contributed by atoms with Crippen LogP contribution in [-0.4, -0.2) is 62.4 Å². The van der Waals surface area contributed by atoms with E-state index >= 15 is 0 Å². The van der Waals surface area contributed by atoms with Crippen molar-refractivity contribution in [3.05, 3.63) is 33.1 Å². The second-order valence-electron chi connectivity index (χ2n) is 7.35. The maximum absolute atomic E-state index is 12.2. The Kier molecular flexibility index (Phi) is 7.00. The van der Waals surface area contributed by atoms with Crippen LogP contribution in [0.2, 0.25) is 0 Å². The number of aromatic amines is 1. The fourth-order valence-electron chi connectivity index (χ4n) is 3.58. The number of aliphatic hydroxyl groups is 2. The molecule has 0 spiro atoms. The minimum absolute atomic E-state index is 0.113. The third-order valence-corrected chi connectivity index (χ3v) is 5.36. The molecular weight excluding hydrogens is 420 g/mol. The number of H-pyrrole nitrogens is 1. The highest BCUT2D eigenvalue weighted by atomic mass is 35.5. The molecule has 1 aromatic heterocycles. The third kappa shape index (κ3) is 4.61. The average molecular weight is 443 g/mol. The lowest BCUT2D eigenvalue weighted by Gasteiger charge is -2.26. The summed E-state index contributed by atoms with van der Waals surface area (Å²) < 4.78 is 17.3. The van der Waals surface area contributed by atoms with Gasteiger partial charge < -0.3 is 24.4 Å². The SMILES string of the molecule is C[C@H](OCC1OC(n2ccc(=O)[nH]c2=O)C(O)(C#CCl)C1O)C(=O)OC1CCCC1. The van der Waals surface area contributed by atoms with Gasteiger partial charge in [-0.05, 0) is 50.1 Å². The Hall–Kier alpha value is -2.16. The highest BCUT2D eigenvalue weighted by Gasteiger charge is 2.56. The van der Waals surface area contributed by atoms with Crippen molar-refractivity contribution in [2.75, 3.05) is 6.61 Å². The van der Waals surface area contributed by atoms with Gasteiger partial charge in [0.25, 0.3) is 5.56 Å². The molecule has 0 aromatic carbocycles. The quantitative estimate of drug-likeness (QED) is 0.400. The van der Waals surface area contributed by atoms with E-state index in [4.69, 9.17) is 25.8 Å². The van der Waals surface area contributed by atoms with E-state index in [-0.39, 0.29) is 12.7 Å². The van der Waals surface area contributed by atoms with Gasteiger partial charge >= 0.3 is 11.7 Å². The summed E-state index contributed by atoms with van der Waals surface area (Å²) in [5.74, 6) is 1.72. The van der Waals surface area contributed by atoms with E-state index < -0.39 is 47.4 Å². The van der Waals surface area contributed by atoms with Crippen LogP contribution in [0.1, 0.15) is 38.8 Å². The first kappa shape index (κ1) is 22.5. The van der Waals surface area contributed by atoms with Gasteiger partial charge in [-0.3, -0.25) is 14.3 Å². The largest absolute Gasteiger partial charge is 0.460 e. The van der Waals surface area contributed by atoms with Gasteiger partial charge in [0.1, 0.15) is 18.3 Å². The Morgan fingerprint density at radius 3 is 2.80 bits per heavy atom. The molecule has 1 saturated heterocycles. The number of carbonyl (C=O) groups is 1. The Bertz CT molecular complexity index is 944. The van der Waals surface area contributed by atoms with Crippen LogP contribution in [0.4, 0.5) is 0 Å². The predicted molar refractivity (Wildman–Crippen MR) is 104 cm³/mol. The number of carbonyl (C=O) groups excluding carboxylic acids is 1. The molecule has 11 heteroatoms. The number of esters is 1. The maximum Gasteiger partial charge on any atom is 0.335 e. The molecule has 2 fully saturated rings. The number of nitrogens with zero attached hydrogens (tertiary/aromatic N) is 1. The number of hydrogen-bond acceptors (Lipinski definition) is 8. The number of rotatable bonds is 6. The van der Waals surface area contributed by atoms with Crippen molar-refractivity contribution in [3.8, 4) is 11.3 Å². The lowest BCUT2D eigenvalue weighted by atomic mass is 9.95. The molecule has 0 bridgehead atoms. The summed E-state index contributed by atoms with van der Waals surface area (Å²) in [6.45, 7) is 1.22. The smallest absolute Gasteiger partial charge is 0.335 e. The van der Waals surface area contributed by atoms with Crippen molar-refractivity contribution in [1.29, 1.82) is 0 Å². The van der Waals surface area contributed by atoms with E-state index in [1.807, 2.05) is 10.4 Å². The molecule has 4 unspecified atom stereocenters. The Labute approximate surface area is 176 Å². The first-order valence-corrected chi connectivity index (χ1v) is 9.96. The van der Waals surface area contributed by atoms with E-state index in [0.29, 0.717) is 0 Å². The Balaban J connectivity index is 1.71.